The minimum Gasteiger partial charge on any atom is -0.497 e. The highest BCUT2D eigenvalue weighted by Crippen LogP contribution is 2.23. The zero-order valence-electron chi connectivity index (χ0n) is 7.53. The van der Waals surface area contributed by atoms with Crippen LogP contribution in [0.5, 0.6) is 11.5 Å². The third-order valence-electron chi connectivity index (χ3n) is 1.61. The third-order valence-corrected chi connectivity index (χ3v) is 1.61. The summed E-state index contributed by atoms with van der Waals surface area (Å²) in [6.07, 6.45) is -0.823. The number of hydrogen-bond acceptors (Lipinski definition) is 3. The second-order valence-corrected chi connectivity index (χ2v) is 2.55. The Hall–Kier alpha value is -1.71. The van der Waals surface area contributed by atoms with Gasteiger partial charge in [-0.2, -0.15) is 0 Å². The van der Waals surface area contributed by atoms with Crippen molar-refractivity contribution < 1.29 is 14.3 Å². The molecule has 0 radical (unpaired) electrons. The van der Waals surface area contributed by atoms with Crippen molar-refractivity contribution in [3.05, 3.63) is 23.8 Å². The number of carbonyl (C=O) groups excluding carboxylic acids is 1. The van der Waals surface area contributed by atoms with Crippen molar-refractivity contribution in [2.75, 3.05) is 7.11 Å². The van der Waals surface area contributed by atoms with Crippen LogP contribution in [0.25, 0.3) is 0 Å². The van der Waals surface area contributed by atoms with Crippen LogP contribution in [0.3, 0.4) is 0 Å². The first-order valence-electron chi connectivity index (χ1n) is 3.75. The average molecular weight is 181 g/mol. The number of ether oxygens (including phenoxy) is 2. The van der Waals surface area contributed by atoms with E-state index in [4.69, 9.17) is 15.2 Å². The van der Waals surface area contributed by atoms with Crippen LogP contribution in [0.2, 0.25) is 0 Å². The molecule has 0 atom stereocenters. The quantitative estimate of drug-likeness (QED) is 0.751. The molecule has 0 spiro atoms. The summed E-state index contributed by atoms with van der Waals surface area (Å²) in [6.45, 7) is 1.82. The average Bonchev–Trinajstić information content (AvgIpc) is 2.08. The van der Waals surface area contributed by atoms with Crippen LogP contribution in [0.4, 0.5) is 4.79 Å². The van der Waals surface area contributed by atoms with Gasteiger partial charge in [-0.15, -0.1) is 0 Å². The normalized spacial score (nSPS) is 9.38. The lowest BCUT2D eigenvalue weighted by Crippen LogP contribution is -2.16. The van der Waals surface area contributed by atoms with E-state index in [-0.39, 0.29) is 0 Å². The number of amides is 1. The molecule has 4 nitrogen and oxygen atoms in total. The zero-order valence-corrected chi connectivity index (χ0v) is 7.53. The standard InChI is InChI=1S/C9H11NO3/c1-6-3-4-7(12-2)5-8(6)13-9(10)11/h3-5H,1-2H3,(H2,10,11). The highest BCUT2D eigenvalue weighted by atomic mass is 16.5. The topological polar surface area (TPSA) is 61.6 Å². The van der Waals surface area contributed by atoms with E-state index in [1.807, 2.05) is 6.92 Å². The first kappa shape index (κ1) is 9.38. The van der Waals surface area contributed by atoms with E-state index in [1.165, 1.54) is 0 Å². The van der Waals surface area contributed by atoms with Crippen molar-refractivity contribution in [1.29, 1.82) is 0 Å². The fraction of sp³-hybridized carbons (Fsp3) is 0.222. The third kappa shape index (κ3) is 2.37. The molecule has 1 aromatic carbocycles. The molecule has 0 aromatic heterocycles. The highest BCUT2D eigenvalue weighted by molar-refractivity contribution is 5.68. The molecule has 0 aliphatic heterocycles. The van der Waals surface area contributed by atoms with Gasteiger partial charge < -0.3 is 15.2 Å². The van der Waals surface area contributed by atoms with Gasteiger partial charge >= 0.3 is 6.09 Å². The number of carbonyl (C=O) groups is 1. The molecule has 0 aliphatic rings. The second kappa shape index (κ2) is 3.80. The summed E-state index contributed by atoms with van der Waals surface area (Å²) in [5.41, 5.74) is 5.72. The van der Waals surface area contributed by atoms with Crippen molar-refractivity contribution in [2.45, 2.75) is 6.92 Å². The number of benzene rings is 1. The maximum Gasteiger partial charge on any atom is 0.409 e. The van der Waals surface area contributed by atoms with Gasteiger partial charge in [0.25, 0.3) is 0 Å². The predicted molar refractivity (Wildman–Crippen MR) is 47.9 cm³/mol. The Morgan fingerprint density at radius 2 is 2.15 bits per heavy atom. The lowest BCUT2D eigenvalue weighted by Gasteiger charge is -2.06. The summed E-state index contributed by atoms with van der Waals surface area (Å²) in [5, 5.41) is 0. The second-order valence-electron chi connectivity index (χ2n) is 2.55. The predicted octanol–water partition coefficient (Wildman–Crippen LogP) is 1.46. The van der Waals surface area contributed by atoms with Crippen molar-refractivity contribution in [1.82, 2.24) is 0 Å². The number of methoxy groups -OCH3 is 1. The molecule has 1 amide bonds. The van der Waals surface area contributed by atoms with Crippen molar-refractivity contribution in [3.63, 3.8) is 0 Å². The maximum absolute atomic E-state index is 10.5. The van der Waals surface area contributed by atoms with E-state index >= 15 is 0 Å². The van der Waals surface area contributed by atoms with Crippen molar-refractivity contribution in [3.8, 4) is 11.5 Å². The van der Waals surface area contributed by atoms with Gasteiger partial charge in [-0.25, -0.2) is 4.79 Å². The Labute approximate surface area is 76.3 Å². The Morgan fingerprint density at radius 1 is 1.46 bits per heavy atom. The molecule has 0 saturated heterocycles. The summed E-state index contributed by atoms with van der Waals surface area (Å²) in [5.74, 6) is 1.05. The number of primary amides is 1. The molecular formula is C9H11NO3. The van der Waals surface area contributed by atoms with Crippen LogP contribution in [0, 0.1) is 6.92 Å². The fourth-order valence-electron chi connectivity index (χ4n) is 0.926. The van der Waals surface area contributed by atoms with Crippen LogP contribution < -0.4 is 15.2 Å². The molecule has 0 fully saturated rings. The van der Waals surface area contributed by atoms with Gasteiger partial charge in [0, 0.05) is 6.07 Å². The summed E-state index contributed by atoms with van der Waals surface area (Å²) in [7, 11) is 1.54. The molecule has 0 saturated carbocycles. The molecule has 2 N–H and O–H groups in total. The summed E-state index contributed by atoms with van der Waals surface area (Å²) >= 11 is 0. The van der Waals surface area contributed by atoms with Crippen molar-refractivity contribution >= 4 is 6.09 Å². The Bertz CT molecular complexity index is 323. The van der Waals surface area contributed by atoms with E-state index in [9.17, 15) is 4.79 Å². The van der Waals surface area contributed by atoms with E-state index in [0.29, 0.717) is 11.5 Å². The van der Waals surface area contributed by atoms with Gasteiger partial charge in [0.05, 0.1) is 7.11 Å². The lowest BCUT2D eigenvalue weighted by atomic mass is 10.2. The smallest absolute Gasteiger partial charge is 0.409 e. The van der Waals surface area contributed by atoms with E-state index in [0.717, 1.165) is 5.56 Å². The minimum absolute atomic E-state index is 0.423. The summed E-state index contributed by atoms with van der Waals surface area (Å²) < 4.78 is 9.71. The van der Waals surface area contributed by atoms with Gasteiger partial charge in [0.15, 0.2) is 0 Å². The zero-order chi connectivity index (χ0) is 9.84. The first-order chi connectivity index (χ1) is 6.13. The highest BCUT2D eigenvalue weighted by Gasteiger charge is 2.04. The Kier molecular flexibility index (Phi) is 2.74. The van der Waals surface area contributed by atoms with Crippen LogP contribution in [0.1, 0.15) is 5.56 Å². The molecule has 1 rings (SSSR count). The molecule has 0 bridgehead atoms. The fourth-order valence-corrected chi connectivity index (χ4v) is 0.926. The minimum atomic E-state index is -0.823. The van der Waals surface area contributed by atoms with Crippen LogP contribution in [0.15, 0.2) is 18.2 Å². The Morgan fingerprint density at radius 3 is 2.69 bits per heavy atom. The summed E-state index contributed by atoms with van der Waals surface area (Å²) in [4.78, 5) is 10.5. The summed E-state index contributed by atoms with van der Waals surface area (Å²) in [6, 6.07) is 5.18. The molecule has 0 heterocycles. The molecular weight excluding hydrogens is 170 g/mol. The Balaban J connectivity index is 2.96. The maximum atomic E-state index is 10.5. The van der Waals surface area contributed by atoms with Gasteiger partial charge in [0.1, 0.15) is 11.5 Å². The van der Waals surface area contributed by atoms with E-state index in [1.54, 1.807) is 25.3 Å². The van der Waals surface area contributed by atoms with Crippen LogP contribution in [-0.2, 0) is 0 Å². The molecule has 1 aromatic rings. The first-order valence-corrected chi connectivity index (χ1v) is 3.75. The lowest BCUT2D eigenvalue weighted by molar-refractivity contribution is 0.210. The monoisotopic (exact) mass is 181 g/mol. The number of nitrogens with two attached hydrogens (primary N) is 1. The van der Waals surface area contributed by atoms with Crippen molar-refractivity contribution in [2.24, 2.45) is 5.73 Å². The number of aryl methyl sites for hydroxylation is 1. The van der Waals surface area contributed by atoms with Gasteiger partial charge in [0.2, 0.25) is 0 Å². The number of rotatable bonds is 2. The number of hydrogen-bond donors (Lipinski definition) is 1. The van der Waals surface area contributed by atoms with Gasteiger partial charge in [-0.05, 0) is 18.6 Å². The van der Waals surface area contributed by atoms with Crippen LogP contribution in [-0.4, -0.2) is 13.2 Å². The SMILES string of the molecule is COc1ccc(C)c(OC(N)=O)c1. The van der Waals surface area contributed by atoms with E-state index in [2.05, 4.69) is 0 Å². The molecule has 13 heavy (non-hydrogen) atoms. The largest absolute Gasteiger partial charge is 0.497 e. The molecule has 4 heteroatoms. The molecule has 0 aliphatic carbocycles. The van der Waals surface area contributed by atoms with E-state index < -0.39 is 6.09 Å². The van der Waals surface area contributed by atoms with Gasteiger partial charge in [-0.1, -0.05) is 6.07 Å². The molecule has 0 unspecified atom stereocenters. The molecule has 70 valence electrons. The van der Waals surface area contributed by atoms with Crippen LogP contribution >= 0.6 is 0 Å². The van der Waals surface area contributed by atoms with Gasteiger partial charge in [-0.3, -0.25) is 0 Å².